The Bertz CT molecular complexity index is 291. The minimum Gasteiger partial charge on any atom is -0.465 e. The lowest BCUT2D eigenvalue weighted by atomic mass is 9.96. The first-order valence-electron chi connectivity index (χ1n) is 10.1. The van der Waals surface area contributed by atoms with Gasteiger partial charge >= 0.3 is 5.97 Å². The van der Waals surface area contributed by atoms with Crippen molar-refractivity contribution < 1.29 is 14.6 Å². The van der Waals surface area contributed by atoms with Crippen molar-refractivity contribution in [1.82, 2.24) is 0 Å². The molecule has 23 heavy (non-hydrogen) atoms. The predicted molar refractivity (Wildman–Crippen MR) is 95.4 cm³/mol. The van der Waals surface area contributed by atoms with Crippen molar-refractivity contribution in [3.63, 3.8) is 0 Å². The van der Waals surface area contributed by atoms with Gasteiger partial charge in [-0.25, -0.2) is 0 Å². The summed E-state index contributed by atoms with van der Waals surface area (Å²) in [5.74, 6) is -0.459. The third-order valence-electron chi connectivity index (χ3n) is 5.04. The molecule has 1 heterocycles. The maximum absolute atomic E-state index is 11.4. The lowest BCUT2D eigenvalue weighted by Crippen LogP contribution is -2.24. The van der Waals surface area contributed by atoms with Gasteiger partial charge in [0.15, 0.2) is 0 Å². The van der Waals surface area contributed by atoms with Gasteiger partial charge in [-0.1, -0.05) is 90.4 Å². The van der Waals surface area contributed by atoms with Gasteiger partial charge in [0.2, 0.25) is 0 Å². The molecule has 0 aromatic rings. The zero-order valence-electron chi connectivity index (χ0n) is 15.2. The van der Waals surface area contributed by atoms with E-state index in [1.165, 1.54) is 77.0 Å². The Labute approximate surface area is 143 Å². The Morgan fingerprint density at radius 1 is 0.913 bits per heavy atom. The number of rotatable bonds is 15. The van der Waals surface area contributed by atoms with Gasteiger partial charge in [0.1, 0.15) is 0 Å². The van der Waals surface area contributed by atoms with Crippen LogP contribution < -0.4 is 0 Å². The van der Waals surface area contributed by atoms with Crippen LogP contribution >= 0.6 is 0 Å². The monoisotopic (exact) mass is 326 g/mol. The van der Waals surface area contributed by atoms with E-state index in [-0.39, 0.29) is 11.9 Å². The van der Waals surface area contributed by atoms with Gasteiger partial charge in [0.25, 0.3) is 0 Å². The summed E-state index contributed by atoms with van der Waals surface area (Å²) in [5, 5.41) is 10.00. The molecule has 3 nitrogen and oxygen atoms in total. The van der Waals surface area contributed by atoms with E-state index in [4.69, 9.17) is 4.74 Å². The molecule has 1 aliphatic heterocycles. The number of aliphatic hydroxyl groups excluding tert-OH is 1. The highest BCUT2D eigenvalue weighted by molar-refractivity contribution is 5.74. The van der Waals surface area contributed by atoms with Crippen molar-refractivity contribution in [2.75, 3.05) is 6.61 Å². The van der Waals surface area contributed by atoms with E-state index < -0.39 is 6.10 Å². The zero-order valence-corrected chi connectivity index (χ0v) is 15.2. The summed E-state index contributed by atoms with van der Waals surface area (Å²) >= 11 is 0. The number of cyclic esters (lactones) is 1. The fraction of sp³-hybridized carbons (Fsp3) is 0.950. The van der Waals surface area contributed by atoms with Crippen LogP contribution in [0.1, 0.15) is 103 Å². The molecule has 0 unspecified atom stereocenters. The number of carbonyl (C=O) groups excluding carboxylic acids is 1. The van der Waals surface area contributed by atoms with E-state index in [1.54, 1.807) is 0 Å². The number of hydrogen-bond acceptors (Lipinski definition) is 3. The quantitative estimate of drug-likeness (QED) is 0.324. The van der Waals surface area contributed by atoms with Crippen LogP contribution in [0.4, 0.5) is 0 Å². The third kappa shape index (κ3) is 10.0. The first-order chi connectivity index (χ1) is 11.3. The van der Waals surface area contributed by atoms with Crippen LogP contribution in [0, 0.1) is 5.92 Å². The molecule has 3 heteroatoms. The second-order valence-electron chi connectivity index (χ2n) is 7.16. The van der Waals surface area contributed by atoms with Gasteiger partial charge in [0.05, 0.1) is 18.6 Å². The summed E-state index contributed by atoms with van der Waals surface area (Å²) < 4.78 is 4.91. The van der Waals surface area contributed by atoms with Crippen molar-refractivity contribution in [1.29, 1.82) is 0 Å². The molecule has 0 bridgehead atoms. The highest BCUT2D eigenvalue weighted by Gasteiger charge is 2.32. The Morgan fingerprint density at radius 3 is 1.83 bits per heavy atom. The second-order valence-corrected chi connectivity index (χ2v) is 7.16. The molecule has 0 aromatic heterocycles. The SMILES string of the molecule is CCCCCCCCCCCCCCC[C@@H](O)[C@@H]1CCOC1=O. The molecule has 0 amide bonds. The van der Waals surface area contributed by atoms with Crippen LogP contribution in [-0.4, -0.2) is 23.8 Å². The molecule has 0 spiro atoms. The average molecular weight is 327 g/mol. The summed E-state index contributed by atoms with van der Waals surface area (Å²) in [5.41, 5.74) is 0. The second kappa shape index (κ2) is 13.8. The standard InChI is InChI=1S/C20H38O3/c1-2-3-4-5-6-7-8-9-10-11-12-13-14-15-19(21)18-16-17-23-20(18)22/h18-19,21H,2-17H2,1H3/t18-,19+/m0/s1. The van der Waals surface area contributed by atoms with Crippen molar-refractivity contribution in [3.8, 4) is 0 Å². The largest absolute Gasteiger partial charge is 0.465 e. The van der Waals surface area contributed by atoms with E-state index in [1.807, 2.05) is 0 Å². The summed E-state index contributed by atoms with van der Waals surface area (Å²) in [6, 6.07) is 0. The van der Waals surface area contributed by atoms with Crippen LogP contribution in [0.15, 0.2) is 0 Å². The molecule has 1 rings (SSSR count). The van der Waals surface area contributed by atoms with Crippen molar-refractivity contribution in [2.45, 2.75) is 109 Å². The fourth-order valence-electron chi connectivity index (χ4n) is 3.43. The average Bonchev–Trinajstić information content (AvgIpc) is 2.98. The Balaban J connectivity index is 1.78. The fourth-order valence-corrected chi connectivity index (χ4v) is 3.43. The molecule has 2 atom stereocenters. The summed E-state index contributed by atoms with van der Waals surface area (Å²) in [6.45, 7) is 2.75. The van der Waals surface area contributed by atoms with Gasteiger partial charge in [-0.2, -0.15) is 0 Å². The molecule has 1 aliphatic rings. The van der Waals surface area contributed by atoms with Gasteiger partial charge < -0.3 is 9.84 Å². The predicted octanol–water partition coefficient (Wildman–Crippen LogP) is 5.39. The Hall–Kier alpha value is -0.570. The highest BCUT2D eigenvalue weighted by Crippen LogP contribution is 2.22. The van der Waals surface area contributed by atoms with E-state index in [9.17, 15) is 9.90 Å². The minimum absolute atomic E-state index is 0.202. The highest BCUT2D eigenvalue weighted by atomic mass is 16.5. The summed E-state index contributed by atoms with van der Waals surface area (Å²) in [4.78, 5) is 11.4. The van der Waals surface area contributed by atoms with Crippen LogP contribution in [0.3, 0.4) is 0 Å². The number of unbranched alkanes of at least 4 members (excludes halogenated alkanes) is 12. The van der Waals surface area contributed by atoms with Crippen molar-refractivity contribution >= 4 is 5.97 Å². The molecule has 0 saturated carbocycles. The zero-order chi connectivity index (χ0) is 16.8. The van der Waals surface area contributed by atoms with E-state index in [2.05, 4.69) is 6.92 Å². The minimum atomic E-state index is -0.488. The number of aliphatic hydroxyl groups is 1. The smallest absolute Gasteiger partial charge is 0.311 e. The van der Waals surface area contributed by atoms with Crippen molar-refractivity contribution in [2.24, 2.45) is 5.92 Å². The van der Waals surface area contributed by atoms with Crippen LogP contribution in [0.5, 0.6) is 0 Å². The van der Waals surface area contributed by atoms with Crippen LogP contribution in [0.2, 0.25) is 0 Å². The third-order valence-corrected chi connectivity index (χ3v) is 5.04. The molecule has 1 fully saturated rings. The van der Waals surface area contributed by atoms with Gasteiger partial charge in [-0.15, -0.1) is 0 Å². The number of ether oxygens (including phenoxy) is 1. The first-order valence-corrected chi connectivity index (χ1v) is 10.1. The normalized spacial score (nSPS) is 19.0. The molecule has 136 valence electrons. The van der Waals surface area contributed by atoms with E-state index >= 15 is 0 Å². The molecule has 0 aromatic carbocycles. The first kappa shape index (κ1) is 20.5. The van der Waals surface area contributed by atoms with Crippen LogP contribution in [0.25, 0.3) is 0 Å². The molecule has 1 saturated heterocycles. The van der Waals surface area contributed by atoms with E-state index in [0.717, 1.165) is 12.8 Å². The number of esters is 1. The maximum atomic E-state index is 11.4. The Morgan fingerprint density at radius 2 is 1.39 bits per heavy atom. The van der Waals surface area contributed by atoms with Gasteiger partial charge in [-0.3, -0.25) is 4.79 Å². The molecule has 0 radical (unpaired) electrons. The Kier molecular flexibility index (Phi) is 12.3. The molecule has 0 aliphatic carbocycles. The maximum Gasteiger partial charge on any atom is 0.311 e. The number of hydrogen-bond donors (Lipinski definition) is 1. The molecular formula is C20H38O3. The van der Waals surface area contributed by atoms with E-state index in [0.29, 0.717) is 13.0 Å². The lowest BCUT2D eigenvalue weighted by Gasteiger charge is -2.14. The van der Waals surface area contributed by atoms with Gasteiger partial charge in [-0.05, 0) is 12.8 Å². The lowest BCUT2D eigenvalue weighted by molar-refractivity contribution is -0.144. The number of carbonyl (C=O) groups is 1. The van der Waals surface area contributed by atoms with Crippen LogP contribution in [-0.2, 0) is 9.53 Å². The topological polar surface area (TPSA) is 46.5 Å². The van der Waals surface area contributed by atoms with Crippen molar-refractivity contribution in [3.05, 3.63) is 0 Å². The molecule has 1 N–H and O–H groups in total. The molecular weight excluding hydrogens is 288 g/mol. The summed E-state index contributed by atoms with van der Waals surface area (Å²) in [6.07, 6.45) is 18.3. The van der Waals surface area contributed by atoms with Gasteiger partial charge in [0, 0.05) is 0 Å². The summed E-state index contributed by atoms with van der Waals surface area (Å²) in [7, 11) is 0.